The molecule has 10 heteroatoms. The Hall–Kier alpha value is -4.02. The number of nitrogens with zero attached hydrogens (tertiary/aromatic N) is 3. The SMILES string of the molecule is COC(=O)c1ncc2c(n1)CCCc1c-2nc(C(C)C)c(C=C[C@@H]2C[C@H](CC(=O)OC(C)(C)C)OC(C)(C)O2)c1-c1ccc(F)cc1. The van der Waals surface area contributed by atoms with Gasteiger partial charge in [-0.25, -0.2) is 19.2 Å². The van der Waals surface area contributed by atoms with Gasteiger partial charge in [0.2, 0.25) is 5.82 Å². The van der Waals surface area contributed by atoms with Crippen LogP contribution >= 0.6 is 0 Å². The van der Waals surface area contributed by atoms with Crippen molar-refractivity contribution in [3.63, 3.8) is 0 Å². The molecule has 1 aromatic carbocycles. The van der Waals surface area contributed by atoms with Crippen LogP contribution in [0.25, 0.3) is 28.5 Å². The lowest BCUT2D eigenvalue weighted by Gasteiger charge is -2.39. The summed E-state index contributed by atoms with van der Waals surface area (Å²) < 4.78 is 37.0. The normalized spacial score (nSPS) is 19.2. The summed E-state index contributed by atoms with van der Waals surface area (Å²) >= 11 is 0. The molecule has 1 saturated heterocycles. The molecule has 0 radical (unpaired) electrons. The van der Waals surface area contributed by atoms with E-state index in [1.54, 1.807) is 18.3 Å². The third kappa shape index (κ3) is 8.11. The largest absolute Gasteiger partial charge is 0.463 e. The van der Waals surface area contributed by atoms with Crippen LogP contribution in [0.2, 0.25) is 0 Å². The van der Waals surface area contributed by atoms with Gasteiger partial charge in [0.1, 0.15) is 11.4 Å². The number of carbonyl (C=O) groups is 2. The van der Waals surface area contributed by atoms with Gasteiger partial charge in [-0.1, -0.05) is 38.1 Å². The number of halogens is 1. The van der Waals surface area contributed by atoms with Crippen molar-refractivity contribution in [1.82, 2.24) is 15.0 Å². The molecule has 3 heterocycles. The fourth-order valence-electron chi connectivity index (χ4n) is 6.27. The zero-order valence-corrected chi connectivity index (χ0v) is 28.5. The summed E-state index contributed by atoms with van der Waals surface area (Å²) in [4.78, 5) is 39.0. The molecule has 5 rings (SSSR count). The molecular weight excluding hydrogens is 601 g/mol. The highest BCUT2D eigenvalue weighted by atomic mass is 19.1. The summed E-state index contributed by atoms with van der Waals surface area (Å²) in [5.74, 6) is -2.11. The molecule has 0 spiro atoms. The zero-order valence-electron chi connectivity index (χ0n) is 28.5. The highest BCUT2D eigenvalue weighted by Gasteiger charge is 2.36. The number of rotatable bonds is 7. The van der Waals surface area contributed by atoms with Gasteiger partial charge in [0.05, 0.1) is 42.8 Å². The fourth-order valence-corrected chi connectivity index (χ4v) is 6.27. The molecule has 1 fully saturated rings. The van der Waals surface area contributed by atoms with Crippen LogP contribution in [-0.2, 0) is 36.6 Å². The van der Waals surface area contributed by atoms with Gasteiger partial charge in [-0.05, 0) is 88.6 Å². The molecule has 3 aromatic rings. The lowest BCUT2D eigenvalue weighted by molar-refractivity contribution is -0.290. The van der Waals surface area contributed by atoms with Crippen molar-refractivity contribution in [1.29, 1.82) is 0 Å². The number of aryl methyl sites for hydroxylation is 1. The number of pyridine rings is 1. The number of carbonyl (C=O) groups excluding carboxylic acids is 2. The van der Waals surface area contributed by atoms with E-state index in [-0.39, 0.29) is 42.2 Å². The van der Waals surface area contributed by atoms with E-state index in [1.165, 1.54) is 19.2 Å². The van der Waals surface area contributed by atoms with E-state index in [2.05, 4.69) is 23.8 Å². The highest BCUT2D eigenvalue weighted by Crippen LogP contribution is 2.42. The van der Waals surface area contributed by atoms with Crippen molar-refractivity contribution in [2.75, 3.05) is 7.11 Å². The van der Waals surface area contributed by atoms with Crippen molar-refractivity contribution in [3.8, 4) is 22.4 Å². The second kappa shape index (κ2) is 13.6. The molecule has 2 aromatic heterocycles. The maximum Gasteiger partial charge on any atom is 0.376 e. The predicted octanol–water partition coefficient (Wildman–Crippen LogP) is 7.40. The van der Waals surface area contributed by atoms with E-state index in [9.17, 15) is 14.0 Å². The minimum atomic E-state index is -0.917. The molecule has 1 aliphatic heterocycles. The number of fused-ring (bicyclic) bond motifs is 3. The maximum atomic E-state index is 14.2. The Morgan fingerprint density at radius 2 is 1.83 bits per heavy atom. The van der Waals surface area contributed by atoms with Crippen molar-refractivity contribution in [2.45, 2.75) is 110 Å². The van der Waals surface area contributed by atoms with Crippen molar-refractivity contribution in [3.05, 3.63) is 70.7 Å². The van der Waals surface area contributed by atoms with Crippen LogP contribution in [0.3, 0.4) is 0 Å². The lowest BCUT2D eigenvalue weighted by Crippen LogP contribution is -2.45. The molecule has 250 valence electrons. The van der Waals surface area contributed by atoms with Gasteiger partial charge in [0, 0.05) is 23.7 Å². The van der Waals surface area contributed by atoms with Crippen LogP contribution in [0.15, 0.2) is 36.5 Å². The highest BCUT2D eigenvalue weighted by molar-refractivity contribution is 5.87. The van der Waals surface area contributed by atoms with Crippen LogP contribution < -0.4 is 0 Å². The Morgan fingerprint density at radius 3 is 2.49 bits per heavy atom. The van der Waals surface area contributed by atoms with Crippen LogP contribution in [-0.4, -0.2) is 57.6 Å². The smallest absolute Gasteiger partial charge is 0.376 e. The number of esters is 2. The van der Waals surface area contributed by atoms with Crippen LogP contribution in [0.1, 0.15) is 107 Å². The van der Waals surface area contributed by atoms with Gasteiger partial charge in [-0.15, -0.1) is 0 Å². The average molecular weight is 646 g/mol. The quantitative estimate of drug-likeness (QED) is 0.243. The Bertz CT molecular complexity index is 1680. The van der Waals surface area contributed by atoms with Gasteiger partial charge in [-0.2, -0.15) is 0 Å². The summed E-state index contributed by atoms with van der Waals surface area (Å²) in [6.45, 7) is 13.4. The van der Waals surface area contributed by atoms with Gasteiger partial charge < -0.3 is 18.9 Å². The van der Waals surface area contributed by atoms with Crippen molar-refractivity contribution >= 4 is 18.0 Å². The summed E-state index contributed by atoms with van der Waals surface area (Å²) in [6, 6.07) is 6.51. The van der Waals surface area contributed by atoms with E-state index in [0.717, 1.165) is 51.3 Å². The minimum absolute atomic E-state index is 0.0152. The summed E-state index contributed by atoms with van der Waals surface area (Å²) in [7, 11) is 1.31. The van der Waals surface area contributed by atoms with E-state index in [1.807, 2.05) is 46.8 Å². The number of hydrogen-bond acceptors (Lipinski definition) is 9. The number of aromatic nitrogens is 3. The number of methoxy groups -OCH3 is 1. The first kappa shape index (κ1) is 34.3. The molecule has 0 bridgehead atoms. The molecule has 0 unspecified atom stereocenters. The molecule has 2 aliphatic rings. The van der Waals surface area contributed by atoms with Gasteiger partial charge in [0.25, 0.3) is 0 Å². The standard InChI is InChI=1S/C37H44FN3O6/c1-21(2)32-27(17-16-24-18-25(46-37(6,7)45-24)19-30(42)47-36(3,4)5)31(22-12-14-23(38)15-13-22)26-10-9-11-29-28(33(26)41-32)20-39-34(40-29)35(43)44-8/h12-17,20-21,24-25H,9-11,18-19H2,1-8H3/t24-,25-/m1/s1. The average Bonchev–Trinajstić information content (AvgIpc) is 3.16. The molecular formula is C37H44FN3O6. The second-order valence-corrected chi connectivity index (χ2v) is 13.9. The first-order chi connectivity index (χ1) is 22.1. The van der Waals surface area contributed by atoms with Gasteiger partial charge in [-0.3, -0.25) is 9.78 Å². The first-order valence-corrected chi connectivity index (χ1v) is 16.2. The first-order valence-electron chi connectivity index (χ1n) is 16.2. The minimum Gasteiger partial charge on any atom is -0.463 e. The van der Waals surface area contributed by atoms with Crippen molar-refractivity contribution < 1.29 is 32.9 Å². The molecule has 47 heavy (non-hydrogen) atoms. The zero-order chi connectivity index (χ0) is 34.1. The molecule has 9 nitrogen and oxygen atoms in total. The third-order valence-electron chi connectivity index (χ3n) is 8.05. The Labute approximate surface area is 275 Å². The molecule has 0 saturated carbocycles. The number of ether oxygens (including phenoxy) is 4. The molecule has 2 atom stereocenters. The van der Waals surface area contributed by atoms with Gasteiger partial charge >= 0.3 is 11.9 Å². The van der Waals surface area contributed by atoms with E-state index in [4.69, 9.17) is 23.9 Å². The van der Waals surface area contributed by atoms with Crippen LogP contribution in [0, 0.1) is 5.82 Å². The molecule has 0 N–H and O–H groups in total. The number of benzene rings is 1. The van der Waals surface area contributed by atoms with E-state index < -0.39 is 17.4 Å². The van der Waals surface area contributed by atoms with Crippen LogP contribution in [0.4, 0.5) is 4.39 Å². The Balaban J connectivity index is 1.61. The second-order valence-electron chi connectivity index (χ2n) is 13.9. The molecule has 0 amide bonds. The van der Waals surface area contributed by atoms with Crippen molar-refractivity contribution in [2.24, 2.45) is 0 Å². The number of hydrogen-bond donors (Lipinski definition) is 0. The van der Waals surface area contributed by atoms with Crippen LogP contribution in [0.5, 0.6) is 0 Å². The molecule has 1 aliphatic carbocycles. The maximum absolute atomic E-state index is 14.2. The fraction of sp³-hybridized carbons (Fsp3) is 0.486. The van der Waals surface area contributed by atoms with E-state index >= 15 is 0 Å². The Kier molecular flexibility index (Phi) is 9.94. The summed E-state index contributed by atoms with van der Waals surface area (Å²) in [5.41, 5.74) is 6.26. The Morgan fingerprint density at radius 1 is 1.11 bits per heavy atom. The van der Waals surface area contributed by atoms with E-state index in [0.29, 0.717) is 19.3 Å². The lowest BCUT2D eigenvalue weighted by atomic mass is 9.86. The topological polar surface area (TPSA) is 110 Å². The third-order valence-corrected chi connectivity index (χ3v) is 8.05. The summed E-state index contributed by atoms with van der Waals surface area (Å²) in [5, 5.41) is 0. The summed E-state index contributed by atoms with van der Waals surface area (Å²) in [6.07, 6.45) is 7.64. The predicted molar refractivity (Wildman–Crippen MR) is 176 cm³/mol. The monoisotopic (exact) mass is 645 g/mol. The van der Waals surface area contributed by atoms with Gasteiger partial charge in [0.15, 0.2) is 5.79 Å².